The maximum absolute atomic E-state index is 6.50. The van der Waals surface area contributed by atoms with Crippen molar-refractivity contribution in [2.24, 2.45) is 0 Å². The van der Waals surface area contributed by atoms with Crippen LogP contribution < -0.4 is 9.80 Å². The summed E-state index contributed by atoms with van der Waals surface area (Å²) in [5.41, 5.74) is 15.8. The van der Waals surface area contributed by atoms with Gasteiger partial charge < -0.3 is 14.2 Å². The molecule has 0 aliphatic heterocycles. The molecule has 0 amide bonds. The molecule has 0 bridgehead atoms. The molecule has 268 valence electrons. The van der Waals surface area contributed by atoms with Crippen molar-refractivity contribution in [3.8, 4) is 33.6 Å². The quantitative estimate of drug-likeness (QED) is 0.156. The van der Waals surface area contributed by atoms with E-state index < -0.39 is 0 Å². The standard InChI is InChI=1S/C53H40N2O/c1-53(2)49-36-46(34-35-47(49)52-51(53)48-20-12-13-21-50(48)56-52)55(44-30-22-38(23-31-44)37-14-6-3-7-15-37)45-32-26-40(27-33-45)39-24-28-43(29-25-39)54(41-16-8-4-9-17-41)42-18-10-5-11-19-42/h3-36H,1-2H3. The van der Waals surface area contributed by atoms with Gasteiger partial charge in [0.2, 0.25) is 0 Å². The number of benzene rings is 8. The predicted molar refractivity (Wildman–Crippen MR) is 234 cm³/mol. The van der Waals surface area contributed by atoms with Crippen molar-refractivity contribution in [1.29, 1.82) is 0 Å². The summed E-state index contributed by atoms with van der Waals surface area (Å²) in [5, 5.41) is 1.19. The van der Waals surface area contributed by atoms with E-state index in [9.17, 15) is 0 Å². The Balaban J connectivity index is 1.02. The molecule has 1 aliphatic rings. The largest absolute Gasteiger partial charge is 0.456 e. The first-order chi connectivity index (χ1) is 27.5. The highest BCUT2D eigenvalue weighted by atomic mass is 16.3. The summed E-state index contributed by atoms with van der Waals surface area (Å²) in [6.45, 7) is 4.64. The molecule has 10 rings (SSSR count). The van der Waals surface area contributed by atoms with Gasteiger partial charge in [-0.05, 0) is 113 Å². The first-order valence-corrected chi connectivity index (χ1v) is 19.3. The molecule has 0 spiro atoms. The molecule has 0 saturated carbocycles. The second kappa shape index (κ2) is 13.6. The van der Waals surface area contributed by atoms with Crippen LogP contribution in [-0.2, 0) is 5.41 Å². The molecular weight excluding hydrogens is 681 g/mol. The van der Waals surface area contributed by atoms with Gasteiger partial charge in [0.25, 0.3) is 0 Å². The van der Waals surface area contributed by atoms with Crippen LogP contribution in [-0.4, -0.2) is 0 Å². The second-order valence-corrected chi connectivity index (χ2v) is 15.0. The van der Waals surface area contributed by atoms with E-state index in [0.29, 0.717) is 0 Å². The smallest absolute Gasteiger partial charge is 0.139 e. The van der Waals surface area contributed by atoms with Gasteiger partial charge in [0, 0.05) is 56.1 Å². The molecule has 8 aromatic carbocycles. The van der Waals surface area contributed by atoms with Gasteiger partial charge in [-0.25, -0.2) is 0 Å². The molecule has 9 aromatic rings. The average molecular weight is 721 g/mol. The Morgan fingerprint density at radius 1 is 0.375 bits per heavy atom. The summed E-state index contributed by atoms with van der Waals surface area (Å²) in [4.78, 5) is 4.66. The fraction of sp³-hybridized carbons (Fsp3) is 0.0566. The number of nitrogens with zero attached hydrogens (tertiary/aromatic N) is 2. The summed E-state index contributed by atoms with van der Waals surface area (Å²) in [6.07, 6.45) is 0. The minimum absolute atomic E-state index is 0.220. The van der Waals surface area contributed by atoms with Gasteiger partial charge in [-0.3, -0.25) is 0 Å². The van der Waals surface area contributed by atoms with Crippen molar-refractivity contribution >= 4 is 45.1 Å². The van der Waals surface area contributed by atoms with Crippen LogP contribution >= 0.6 is 0 Å². The van der Waals surface area contributed by atoms with E-state index in [-0.39, 0.29) is 5.41 Å². The summed E-state index contributed by atoms with van der Waals surface area (Å²) < 4.78 is 6.50. The van der Waals surface area contributed by atoms with E-state index in [2.05, 4.69) is 224 Å². The highest BCUT2D eigenvalue weighted by molar-refractivity contribution is 5.95. The zero-order valence-electron chi connectivity index (χ0n) is 31.4. The predicted octanol–water partition coefficient (Wildman–Crippen LogP) is 15.0. The Morgan fingerprint density at radius 3 is 1.29 bits per heavy atom. The maximum Gasteiger partial charge on any atom is 0.139 e. The highest BCUT2D eigenvalue weighted by Crippen LogP contribution is 2.54. The lowest BCUT2D eigenvalue weighted by Gasteiger charge is -2.28. The number of rotatable bonds is 8. The third-order valence-corrected chi connectivity index (χ3v) is 11.2. The lowest BCUT2D eigenvalue weighted by molar-refractivity contribution is 0.619. The first-order valence-electron chi connectivity index (χ1n) is 19.3. The number of hydrogen-bond acceptors (Lipinski definition) is 3. The van der Waals surface area contributed by atoms with Crippen molar-refractivity contribution in [1.82, 2.24) is 0 Å². The lowest BCUT2D eigenvalue weighted by atomic mass is 9.81. The summed E-state index contributed by atoms with van der Waals surface area (Å²) >= 11 is 0. The van der Waals surface area contributed by atoms with E-state index in [0.717, 1.165) is 51.0 Å². The van der Waals surface area contributed by atoms with Gasteiger partial charge in [-0.15, -0.1) is 0 Å². The Labute approximate surface area is 328 Å². The maximum atomic E-state index is 6.50. The number of anilines is 6. The molecule has 1 heterocycles. The van der Waals surface area contributed by atoms with Gasteiger partial charge in [0.05, 0.1) is 0 Å². The monoisotopic (exact) mass is 720 g/mol. The van der Waals surface area contributed by atoms with E-state index in [1.807, 2.05) is 6.07 Å². The topological polar surface area (TPSA) is 19.6 Å². The fourth-order valence-corrected chi connectivity index (χ4v) is 8.46. The normalized spacial score (nSPS) is 12.6. The van der Waals surface area contributed by atoms with Gasteiger partial charge >= 0.3 is 0 Å². The van der Waals surface area contributed by atoms with Gasteiger partial charge in [0.15, 0.2) is 0 Å². The summed E-state index contributed by atoms with van der Waals surface area (Å²) in [5.74, 6) is 0.988. The SMILES string of the molecule is CC1(C)c2cc(N(c3ccc(-c4ccccc4)cc3)c3ccc(-c4ccc(N(c5ccccc5)c5ccccc5)cc4)cc3)ccc2-c2oc3ccccc3c21. The molecule has 1 aromatic heterocycles. The van der Waals surface area contributed by atoms with Crippen LogP contribution in [0.25, 0.3) is 44.5 Å². The Kier molecular flexibility index (Phi) is 8.15. The van der Waals surface area contributed by atoms with Crippen LogP contribution in [0.3, 0.4) is 0 Å². The average Bonchev–Trinajstić information content (AvgIpc) is 3.76. The molecule has 0 atom stereocenters. The van der Waals surface area contributed by atoms with Crippen LogP contribution in [0.5, 0.6) is 0 Å². The number of hydrogen-bond donors (Lipinski definition) is 0. The van der Waals surface area contributed by atoms with Crippen molar-refractivity contribution in [2.45, 2.75) is 19.3 Å². The van der Waals surface area contributed by atoms with Crippen molar-refractivity contribution in [2.75, 3.05) is 9.80 Å². The van der Waals surface area contributed by atoms with Crippen LogP contribution in [0, 0.1) is 0 Å². The molecule has 56 heavy (non-hydrogen) atoms. The van der Waals surface area contributed by atoms with Crippen LogP contribution in [0.4, 0.5) is 34.1 Å². The zero-order valence-corrected chi connectivity index (χ0v) is 31.4. The Hall–Kier alpha value is -7.10. The minimum atomic E-state index is -0.220. The lowest BCUT2D eigenvalue weighted by Crippen LogP contribution is -2.16. The molecule has 0 N–H and O–H groups in total. The number of furan rings is 1. The van der Waals surface area contributed by atoms with E-state index >= 15 is 0 Å². The van der Waals surface area contributed by atoms with E-state index in [4.69, 9.17) is 4.42 Å². The summed E-state index contributed by atoms with van der Waals surface area (Å²) in [7, 11) is 0. The third kappa shape index (κ3) is 5.77. The van der Waals surface area contributed by atoms with Crippen molar-refractivity contribution in [3.63, 3.8) is 0 Å². The van der Waals surface area contributed by atoms with Gasteiger partial charge in [-0.2, -0.15) is 0 Å². The Bertz CT molecular complexity index is 2750. The fourth-order valence-electron chi connectivity index (χ4n) is 8.46. The number of fused-ring (bicyclic) bond motifs is 5. The van der Waals surface area contributed by atoms with Crippen molar-refractivity contribution in [3.05, 3.63) is 217 Å². The first kappa shape index (κ1) is 33.5. The van der Waals surface area contributed by atoms with E-state index in [1.54, 1.807) is 0 Å². The second-order valence-electron chi connectivity index (χ2n) is 15.0. The van der Waals surface area contributed by atoms with Crippen molar-refractivity contribution < 1.29 is 4.42 Å². The summed E-state index contributed by atoms with van der Waals surface area (Å²) in [6, 6.07) is 73.6. The zero-order chi connectivity index (χ0) is 37.6. The van der Waals surface area contributed by atoms with Crippen LogP contribution in [0.15, 0.2) is 211 Å². The Morgan fingerprint density at radius 2 is 0.768 bits per heavy atom. The third-order valence-electron chi connectivity index (χ3n) is 11.2. The molecular formula is C53H40N2O. The molecule has 1 aliphatic carbocycles. The van der Waals surface area contributed by atoms with Gasteiger partial charge in [-0.1, -0.05) is 135 Å². The molecule has 3 nitrogen and oxygen atoms in total. The molecule has 0 unspecified atom stereocenters. The molecule has 3 heteroatoms. The minimum Gasteiger partial charge on any atom is -0.456 e. The van der Waals surface area contributed by atoms with Crippen LogP contribution in [0.2, 0.25) is 0 Å². The molecule has 0 radical (unpaired) electrons. The number of para-hydroxylation sites is 3. The highest BCUT2D eigenvalue weighted by Gasteiger charge is 2.40. The van der Waals surface area contributed by atoms with E-state index in [1.165, 1.54) is 38.8 Å². The van der Waals surface area contributed by atoms with Gasteiger partial charge in [0.1, 0.15) is 11.3 Å². The van der Waals surface area contributed by atoms with Crippen LogP contribution in [0.1, 0.15) is 25.0 Å². The molecule has 0 fully saturated rings. The molecule has 0 saturated heterocycles.